The molecule has 0 spiro atoms. The number of carbonyl (C=O) groups is 1. The Kier molecular flexibility index (Phi) is 4.94. The SMILES string of the molecule is CC(Oc1cccc(Cl)c1)C(=O)Nc1ccc(N)cc1Cl. The second-order valence-electron chi connectivity index (χ2n) is 4.45. The predicted molar refractivity (Wildman–Crippen MR) is 86.0 cm³/mol. The number of nitrogen functional groups attached to an aromatic ring is 1. The molecule has 2 rings (SSSR count). The molecule has 3 N–H and O–H groups in total. The maximum Gasteiger partial charge on any atom is 0.265 e. The van der Waals surface area contributed by atoms with E-state index in [1.807, 2.05) is 0 Å². The van der Waals surface area contributed by atoms with Crippen LogP contribution in [0.2, 0.25) is 10.0 Å². The van der Waals surface area contributed by atoms with Gasteiger partial charge in [-0.05, 0) is 43.3 Å². The fourth-order valence-electron chi connectivity index (χ4n) is 1.67. The van der Waals surface area contributed by atoms with E-state index in [2.05, 4.69) is 5.32 Å². The van der Waals surface area contributed by atoms with E-state index in [0.29, 0.717) is 27.2 Å². The third kappa shape index (κ3) is 4.28. The quantitative estimate of drug-likeness (QED) is 0.836. The van der Waals surface area contributed by atoms with Gasteiger partial charge in [0.1, 0.15) is 5.75 Å². The number of anilines is 2. The van der Waals surface area contributed by atoms with Crippen LogP contribution < -0.4 is 15.8 Å². The molecule has 0 fully saturated rings. The van der Waals surface area contributed by atoms with Gasteiger partial charge in [0.25, 0.3) is 5.91 Å². The Hall–Kier alpha value is -1.91. The molecule has 1 atom stereocenters. The molecule has 2 aromatic rings. The van der Waals surface area contributed by atoms with Crippen LogP contribution >= 0.6 is 23.2 Å². The van der Waals surface area contributed by atoms with Crippen LogP contribution in [0, 0.1) is 0 Å². The van der Waals surface area contributed by atoms with Gasteiger partial charge in [0.05, 0.1) is 10.7 Å². The smallest absolute Gasteiger partial charge is 0.265 e. The summed E-state index contributed by atoms with van der Waals surface area (Å²) < 4.78 is 5.53. The number of rotatable bonds is 4. The summed E-state index contributed by atoms with van der Waals surface area (Å²) in [6.45, 7) is 1.64. The minimum absolute atomic E-state index is 0.318. The van der Waals surface area contributed by atoms with Crippen LogP contribution in [0.5, 0.6) is 5.75 Å². The summed E-state index contributed by atoms with van der Waals surface area (Å²) in [5.74, 6) is 0.204. The number of nitrogens with one attached hydrogen (secondary N) is 1. The van der Waals surface area contributed by atoms with Crippen molar-refractivity contribution < 1.29 is 9.53 Å². The lowest BCUT2D eigenvalue weighted by Crippen LogP contribution is -2.30. The van der Waals surface area contributed by atoms with Crippen LogP contribution in [-0.4, -0.2) is 12.0 Å². The summed E-state index contributed by atoms with van der Waals surface area (Å²) in [6.07, 6.45) is -0.697. The molecule has 0 aliphatic rings. The van der Waals surface area contributed by atoms with Gasteiger partial charge in [0, 0.05) is 10.7 Å². The summed E-state index contributed by atoms with van der Waals surface area (Å²) >= 11 is 11.9. The summed E-state index contributed by atoms with van der Waals surface area (Å²) in [5.41, 5.74) is 6.61. The zero-order valence-electron chi connectivity index (χ0n) is 11.3. The van der Waals surface area contributed by atoms with Crippen molar-refractivity contribution >= 4 is 40.5 Å². The average Bonchev–Trinajstić information content (AvgIpc) is 2.41. The van der Waals surface area contributed by atoms with E-state index < -0.39 is 6.10 Å². The van der Waals surface area contributed by atoms with Gasteiger partial charge in [-0.25, -0.2) is 0 Å². The van der Waals surface area contributed by atoms with Gasteiger partial charge in [-0.2, -0.15) is 0 Å². The molecule has 21 heavy (non-hydrogen) atoms. The third-order valence-electron chi connectivity index (χ3n) is 2.73. The van der Waals surface area contributed by atoms with Crippen molar-refractivity contribution in [1.82, 2.24) is 0 Å². The minimum Gasteiger partial charge on any atom is -0.481 e. The van der Waals surface area contributed by atoms with Crippen molar-refractivity contribution in [2.75, 3.05) is 11.1 Å². The van der Waals surface area contributed by atoms with Gasteiger partial charge in [-0.1, -0.05) is 29.3 Å². The highest BCUT2D eigenvalue weighted by Crippen LogP contribution is 2.24. The first-order valence-electron chi connectivity index (χ1n) is 6.24. The van der Waals surface area contributed by atoms with Crippen LogP contribution in [-0.2, 0) is 4.79 Å². The van der Waals surface area contributed by atoms with Crippen molar-refractivity contribution in [3.8, 4) is 5.75 Å². The Bertz CT molecular complexity index is 662. The van der Waals surface area contributed by atoms with Crippen LogP contribution in [0.15, 0.2) is 42.5 Å². The first-order chi connectivity index (χ1) is 9.95. The van der Waals surface area contributed by atoms with Crippen LogP contribution in [0.25, 0.3) is 0 Å². The van der Waals surface area contributed by atoms with Gasteiger partial charge in [0.15, 0.2) is 6.10 Å². The molecule has 2 aromatic carbocycles. The number of carbonyl (C=O) groups excluding carboxylic acids is 1. The Morgan fingerprint density at radius 3 is 2.67 bits per heavy atom. The summed E-state index contributed by atoms with van der Waals surface area (Å²) in [7, 11) is 0. The molecule has 0 aromatic heterocycles. The molecule has 4 nitrogen and oxygen atoms in total. The maximum atomic E-state index is 12.1. The van der Waals surface area contributed by atoms with E-state index in [0.717, 1.165) is 0 Å². The van der Waals surface area contributed by atoms with E-state index in [-0.39, 0.29) is 5.91 Å². The Labute approximate surface area is 132 Å². The summed E-state index contributed by atoms with van der Waals surface area (Å²) in [4.78, 5) is 12.1. The van der Waals surface area contributed by atoms with Gasteiger partial charge in [-0.15, -0.1) is 0 Å². The van der Waals surface area contributed by atoms with E-state index in [9.17, 15) is 4.79 Å². The second kappa shape index (κ2) is 6.70. The molecule has 0 saturated heterocycles. The van der Waals surface area contributed by atoms with Crippen molar-refractivity contribution in [2.24, 2.45) is 0 Å². The van der Waals surface area contributed by atoms with Gasteiger partial charge in [-0.3, -0.25) is 4.79 Å². The molecule has 0 radical (unpaired) electrons. The zero-order valence-corrected chi connectivity index (χ0v) is 12.8. The molecular weight excluding hydrogens is 311 g/mol. The van der Waals surface area contributed by atoms with Crippen LogP contribution in [0.3, 0.4) is 0 Å². The van der Waals surface area contributed by atoms with Crippen molar-refractivity contribution in [3.63, 3.8) is 0 Å². The highest BCUT2D eigenvalue weighted by Gasteiger charge is 2.16. The van der Waals surface area contributed by atoms with Gasteiger partial charge in [0.2, 0.25) is 0 Å². The van der Waals surface area contributed by atoms with Crippen molar-refractivity contribution in [3.05, 3.63) is 52.5 Å². The molecule has 110 valence electrons. The minimum atomic E-state index is -0.697. The van der Waals surface area contributed by atoms with Gasteiger partial charge >= 0.3 is 0 Å². The number of hydrogen-bond donors (Lipinski definition) is 2. The molecule has 1 amide bonds. The lowest BCUT2D eigenvalue weighted by atomic mass is 10.2. The van der Waals surface area contributed by atoms with Crippen molar-refractivity contribution in [2.45, 2.75) is 13.0 Å². The molecule has 0 saturated carbocycles. The van der Waals surface area contributed by atoms with E-state index in [4.69, 9.17) is 33.7 Å². The molecule has 0 aliphatic carbocycles. The second-order valence-corrected chi connectivity index (χ2v) is 5.29. The monoisotopic (exact) mass is 324 g/mol. The Morgan fingerprint density at radius 1 is 1.24 bits per heavy atom. The molecule has 0 aliphatic heterocycles. The Balaban J connectivity index is 2.02. The molecule has 1 unspecified atom stereocenters. The first kappa shape index (κ1) is 15.5. The predicted octanol–water partition coefficient (Wildman–Crippen LogP) is 3.98. The standard InChI is InChI=1S/C15H14Cl2N2O2/c1-9(21-12-4-2-3-10(16)7-12)15(20)19-14-6-5-11(18)8-13(14)17/h2-9H,18H2,1H3,(H,19,20). The van der Waals surface area contributed by atoms with E-state index >= 15 is 0 Å². The van der Waals surface area contributed by atoms with Crippen LogP contribution in [0.1, 0.15) is 6.92 Å². The molecule has 0 heterocycles. The normalized spacial score (nSPS) is 11.8. The number of nitrogens with two attached hydrogens (primary N) is 1. The number of halogens is 2. The van der Waals surface area contributed by atoms with E-state index in [1.165, 1.54) is 0 Å². The first-order valence-corrected chi connectivity index (χ1v) is 6.99. The molecule has 6 heteroatoms. The number of amides is 1. The lowest BCUT2D eigenvalue weighted by Gasteiger charge is -2.15. The fourth-order valence-corrected chi connectivity index (χ4v) is 2.08. The Morgan fingerprint density at radius 2 is 2.00 bits per heavy atom. The topological polar surface area (TPSA) is 64.3 Å². The largest absolute Gasteiger partial charge is 0.481 e. The van der Waals surface area contributed by atoms with Crippen LogP contribution in [0.4, 0.5) is 11.4 Å². The third-order valence-corrected chi connectivity index (χ3v) is 3.28. The lowest BCUT2D eigenvalue weighted by molar-refractivity contribution is -0.122. The highest BCUT2D eigenvalue weighted by atomic mass is 35.5. The molecular formula is C15H14Cl2N2O2. The van der Waals surface area contributed by atoms with Crippen molar-refractivity contribution in [1.29, 1.82) is 0 Å². The summed E-state index contributed by atoms with van der Waals surface area (Å²) in [6, 6.07) is 11.7. The van der Waals surface area contributed by atoms with Gasteiger partial charge < -0.3 is 15.8 Å². The fraction of sp³-hybridized carbons (Fsp3) is 0.133. The number of hydrogen-bond acceptors (Lipinski definition) is 3. The zero-order chi connectivity index (χ0) is 15.4. The maximum absolute atomic E-state index is 12.1. The molecule has 0 bridgehead atoms. The summed E-state index contributed by atoms with van der Waals surface area (Å²) in [5, 5.41) is 3.60. The number of benzene rings is 2. The average molecular weight is 325 g/mol. The number of ether oxygens (including phenoxy) is 1. The van der Waals surface area contributed by atoms with E-state index in [1.54, 1.807) is 49.4 Å². The highest BCUT2D eigenvalue weighted by molar-refractivity contribution is 6.34.